The molecule has 1 atom stereocenters. The van der Waals surface area contributed by atoms with Crippen LogP contribution in [0.1, 0.15) is 32.8 Å². The Bertz CT molecular complexity index is 392. The van der Waals surface area contributed by atoms with Gasteiger partial charge in [-0.3, -0.25) is 4.98 Å². The van der Waals surface area contributed by atoms with Crippen molar-refractivity contribution in [1.82, 2.24) is 4.98 Å². The first-order valence-corrected chi connectivity index (χ1v) is 5.84. The Kier molecular flexibility index (Phi) is 4.75. The van der Waals surface area contributed by atoms with Gasteiger partial charge in [0.05, 0.1) is 11.9 Å². The Morgan fingerprint density at radius 1 is 1.59 bits per heavy atom. The quantitative estimate of drug-likeness (QED) is 0.354. The van der Waals surface area contributed by atoms with Gasteiger partial charge in [-0.25, -0.2) is 0 Å². The summed E-state index contributed by atoms with van der Waals surface area (Å²) in [6.07, 6.45) is 4.42. The third-order valence-corrected chi connectivity index (χ3v) is 2.96. The summed E-state index contributed by atoms with van der Waals surface area (Å²) in [5, 5.41) is 11.8. The molecule has 1 aromatic heterocycles. The van der Waals surface area contributed by atoms with Crippen LogP contribution in [0.3, 0.4) is 0 Å². The lowest BCUT2D eigenvalue weighted by Gasteiger charge is -2.30. The van der Waals surface area contributed by atoms with Gasteiger partial charge in [0.15, 0.2) is 5.84 Å². The minimum absolute atomic E-state index is 0.115. The van der Waals surface area contributed by atoms with E-state index in [1.807, 2.05) is 0 Å². The third kappa shape index (κ3) is 2.87. The van der Waals surface area contributed by atoms with Gasteiger partial charge in [0.1, 0.15) is 0 Å². The van der Waals surface area contributed by atoms with Crippen molar-refractivity contribution in [2.45, 2.75) is 33.2 Å². The molecule has 0 fully saturated rings. The lowest BCUT2D eigenvalue weighted by atomic mass is 10.1. The SMILES string of the molecule is CCC(C)N(CC)c1cnccc1/C(N)=N/O. The topological polar surface area (TPSA) is 74.7 Å². The molecule has 5 nitrogen and oxygen atoms in total. The minimum atomic E-state index is 0.115. The van der Waals surface area contributed by atoms with E-state index < -0.39 is 0 Å². The molecule has 0 radical (unpaired) electrons. The zero-order valence-electron chi connectivity index (χ0n) is 10.6. The summed E-state index contributed by atoms with van der Waals surface area (Å²) in [6, 6.07) is 2.14. The van der Waals surface area contributed by atoms with E-state index in [1.165, 1.54) is 0 Å². The van der Waals surface area contributed by atoms with Gasteiger partial charge in [-0.05, 0) is 26.3 Å². The maximum Gasteiger partial charge on any atom is 0.172 e. The molecule has 0 saturated carbocycles. The van der Waals surface area contributed by atoms with Gasteiger partial charge in [0.25, 0.3) is 0 Å². The van der Waals surface area contributed by atoms with Gasteiger partial charge in [-0.15, -0.1) is 0 Å². The van der Waals surface area contributed by atoms with Gasteiger partial charge in [0.2, 0.25) is 0 Å². The summed E-state index contributed by atoms with van der Waals surface area (Å²) in [7, 11) is 0. The molecule has 1 heterocycles. The smallest absolute Gasteiger partial charge is 0.172 e. The molecule has 0 aliphatic heterocycles. The molecule has 0 bridgehead atoms. The molecule has 94 valence electrons. The number of hydrogen-bond acceptors (Lipinski definition) is 4. The highest BCUT2D eigenvalue weighted by atomic mass is 16.4. The van der Waals surface area contributed by atoms with E-state index in [4.69, 9.17) is 10.9 Å². The third-order valence-electron chi connectivity index (χ3n) is 2.96. The van der Waals surface area contributed by atoms with Crippen LogP contribution in [0.25, 0.3) is 0 Å². The van der Waals surface area contributed by atoms with Crippen molar-refractivity contribution in [3.63, 3.8) is 0 Å². The molecule has 1 rings (SSSR count). The predicted molar refractivity (Wildman–Crippen MR) is 69.5 cm³/mol. The lowest BCUT2D eigenvalue weighted by Crippen LogP contribution is -2.34. The molecular weight excluding hydrogens is 216 g/mol. The maximum absolute atomic E-state index is 8.79. The van der Waals surface area contributed by atoms with Gasteiger partial charge < -0.3 is 15.8 Å². The highest BCUT2D eigenvalue weighted by Gasteiger charge is 2.16. The van der Waals surface area contributed by atoms with Crippen molar-refractivity contribution in [1.29, 1.82) is 0 Å². The molecule has 0 aromatic carbocycles. The Labute approximate surface area is 102 Å². The zero-order chi connectivity index (χ0) is 12.8. The second-order valence-electron chi connectivity index (χ2n) is 3.92. The van der Waals surface area contributed by atoms with Crippen LogP contribution in [-0.4, -0.2) is 28.6 Å². The van der Waals surface area contributed by atoms with Gasteiger partial charge >= 0.3 is 0 Å². The summed E-state index contributed by atoms with van der Waals surface area (Å²) in [5.41, 5.74) is 7.29. The Balaban J connectivity index is 3.19. The van der Waals surface area contributed by atoms with Crippen LogP contribution in [-0.2, 0) is 0 Å². The molecule has 5 heteroatoms. The van der Waals surface area contributed by atoms with Crippen LogP contribution in [0.5, 0.6) is 0 Å². The molecular formula is C12H20N4O. The second-order valence-corrected chi connectivity index (χ2v) is 3.92. The molecule has 17 heavy (non-hydrogen) atoms. The molecule has 0 amide bonds. The number of anilines is 1. The summed E-state index contributed by atoms with van der Waals surface area (Å²) in [4.78, 5) is 6.31. The molecule has 0 aliphatic carbocycles. The monoisotopic (exact) mass is 236 g/mol. The first-order valence-electron chi connectivity index (χ1n) is 5.84. The molecule has 0 aliphatic rings. The van der Waals surface area contributed by atoms with Crippen LogP contribution in [0, 0.1) is 0 Å². The number of aromatic nitrogens is 1. The van der Waals surface area contributed by atoms with Crippen LogP contribution in [0.15, 0.2) is 23.6 Å². The average Bonchev–Trinajstić information content (AvgIpc) is 2.39. The Morgan fingerprint density at radius 3 is 2.82 bits per heavy atom. The van der Waals surface area contributed by atoms with Crippen LogP contribution < -0.4 is 10.6 Å². The number of rotatable bonds is 5. The van der Waals surface area contributed by atoms with Crippen LogP contribution >= 0.6 is 0 Å². The molecule has 0 spiro atoms. The summed E-state index contributed by atoms with van der Waals surface area (Å²) < 4.78 is 0. The van der Waals surface area contributed by atoms with Crippen molar-refractivity contribution in [2.75, 3.05) is 11.4 Å². The number of nitrogens with two attached hydrogens (primary N) is 1. The standard InChI is InChI=1S/C12H20N4O/c1-4-9(3)16(5-2)11-8-14-7-6-10(11)12(13)15-17/h6-9,17H,4-5H2,1-3H3,(H2,13,15). The number of amidine groups is 1. The normalized spacial score (nSPS) is 13.5. The molecule has 1 aromatic rings. The fourth-order valence-electron chi connectivity index (χ4n) is 1.83. The summed E-state index contributed by atoms with van der Waals surface area (Å²) in [6.45, 7) is 7.21. The zero-order valence-corrected chi connectivity index (χ0v) is 10.6. The number of hydrogen-bond donors (Lipinski definition) is 2. The van der Waals surface area contributed by atoms with Crippen LogP contribution in [0.2, 0.25) is 0 Å². The molecule has 3 N–H and O–H groups in total. The second kappa shape index (κ2) is 6.08. The van der Waals surface area contributed by atoms with Crippen molar-refractivity contribution in [3.05, 3.63) is 24.0 Å². The van der Waals surface area contributed by atoms with E-state index >= 15 is 0 Å². The summed E-state index contributed by atoms with van der Waals surface area (Å²) >= 11 is 0. The van der Waals surface area contributed by atoms with Crippen molar-refractivity contribution in [3.8, 4) is 0 Å². The van der Waals surface area contributed by atoms with Crippen molar-refractivity contribution in [2.24, 2.45) is 10.9 Å². The van der Waals surface area contributed by atoms with E-state index in [-0.39, 0.29) is 5.84 Å². The van der Waals surface area contributed by atoms with Crippen molar-refractivity contribution < 1.29 is 5.21 Å². The summed E-state index contributed by atoms with van der Waals surface area (Å²) in [5.74, 6) is 0.115. The molecule has 1 unspecified atom stereocenters. The van der Waals surface area contributed by atoms with Gasteiger partial charge in [-0.2, -0.15) is 0 Å². The Morgan fingerprint density at radius 2 is 2.29 bits per heavy atom. The average molecular weight is 236 g/mol. The predicted octanol–water partition coefficient (Wildman–Crippen LogP) is 1.80. The fraction of sp³-hybridized carbons (Fsp3) is 0.500. The first kappa shape index (κ1) is 13.3. The minimum Gasteiger partial charge on any atom is -0.409 e. The molecule has 0 saturated heterocycles. The van der Waals surface area contributed by atoms with E-state index in [2.05, 4.69) is 35.8 Å². The van der Waals surface area contributed by atoms with E-state index in [0.29, 0.717) is 11.6 Å². The number of nitrogens with zero attached hydrogens (tertiary/aromatic N) is 3. The number of pyridine rings is 1. The highest BCUT2D eigenvalue weighted by molar-refractivity contribution is 6.02. The van der Waals surface area contributed by atoms with Crippen molar-refractivity contribution >= 4 is 11.5 Å². The largest absolute Gasteiger partial charge is 0.409 e. The number of oxime groups is 1. The van der Waals surface area contributed by atoms with E-state index in [1.54, 1.807) is 18.5 Å². The van der Waals surface area contributed by atoms with E-state index in [0.717, 1.165) is 18.7 Å². The first-order chi connectivity index (χ1) is 8.15. The van der Waals surface area contributed by atoms with Gasteiger partial charge in [-0.1, -0.05) is 12.1 Å². The van der Waals surface area contributed by atoms with E-state index in [9.17, 15) is 0 Å². The fourth-order valence-corrected chi connectivity index (χ4v) is 1.83. The van der Waals surface area contributed by atoms with Gasteiger partial charge in [0, 0.05) is 24.3 Å². The highest BCUT2D eigenvalue weighted by Crippen LogP contribution is 2.22. The lowest BCUT2D eigenvalue weighted by molar-refractivity contribution is 0.318. The Hall–Kier alpha value is -1.78. The van der Waals surface area contributed by atoms with Crippen LogP contribution in [0.4, 0.5) is 5.69 Å². The maximum atomic E-state index is 8.79.